The molecule has 50 heavy (non-hydrogen) atoms. The van der Waals surface area contributed by atoms with Crippen LogP contribution >= 0.6 is 0 Å². The van der Waals surface area contributed by atoms with Gasteiger partial charge >= 0.3 is 0 Å². The van der Waals surface area contributed by atoms with Crippen LogP contribution in [0.1, 0.15) is 15.1 Å². The molecule has 0 heteroatoms. The highest BCUT2D eigenvalue weighted by Crippen LogP contribution is 2.41. The predicted molar refractivity (Wildman–Crippen MR) is 216 cm³/mol. The molecule has 0 atom stereocenters. The molecule has 0 aliphatic rings. The van der Waals surface area contributed by atoms with Crippen molar-refractivity contribution < 1.29 is 15.1 Å². The summed E-state index contributed by atoms with van der Waals surface area (Å²) in [5.74, 6) is 0. The zero-order chi connectivity index (χ0) is 42.3. The number of rotatable bonds is 4. The standard InChI is InChI=1S/C50H30/c1-4-35-18-20-39-22-26-43(45-28-24-37(6-1)47(35)49(39)45)34-16-14-32(15-17-34)31-10-12-33(13-11-31)41-8-3-9-42(30-41)44-27-23-40-21-19-36-5-2-7-38-25-29-46(44)50(40)48(36)38/h1-30H/i3D,8D,10D,11D,12D,13D,14D,15D,16D,17D,30D. The largest absolute Gasteiger partial charge is 0.0636 e. The van der Waals surface area contributed by atoms with Crippen molar-refractivity contribution >= 4 is 64.6 Å². The molecule has 0 saturated heterocycles. The van der Waals surface area contributed by atoms with Crippen molar-refractivity contribution in [2.45, 2.75) is 0 Å². The van der Waals surface area contributed by atoms with Crippen LogP contribution in [0.5, 0.6) is 0 Å². The first-order chi connectivity index (χ1) is 29.4. The lowest BCUT2D eigenvalue weighted by molar-refractivity contribution is 1.58. The summed E-state index contributed by atoms with van der Waals surface area (Å²) in [5, 5.41) is 11.7. The minimum atomic E-state index is -0.647. The van der Waals surface area contributed by atoms with Crippen LogP contribution in [0, 0.1) is 0 Å². The molecule has 11 aromatic carbocycles. The van der Waals surface area contributed by atoms with Gasteiger partial charge in [0, 0.05) is 0 Å². The first-order valence-corrected chi connectivity index (χ1v) is 16.5. The van der Waals surface area contributed by atoms with Crippen LogP contribution in [-0.2, 0) is 0 Å². The van der Waals surface area contributed by atoms with Gasteiger partial charge in [0.15, 0.2) is 0 Å². The van der Waals surface area contributed by atoms with E-state index >= 15 is 0 Å². The lowest BCUT2D eigenvalue weighted by Crippen LogP contribution is -1.88. The Hall–Kier alpha value is -6.50. The molecule has 0 radical (unpaired) electrons. The average molecular weight is 642 g/mol. The summed E-state index contributed by atoms with van der Waals surface area (Å²) >= 11 is 0. The van der Waals surface area contributed by atoms with Crippen LogP contribution in [0.2, 0.25) is 0 Å². The molecule has 0 bridgehead atoms. The van der Waals surface area contributed by atoms with Crippen molar-refractivity contribution in [3.8, 4) is 44.5 Å². The SMILES string of the molecule is [2H]c1cc(-c2ccc3ccc4cccc5ccc2c3c45)c([2H])c(-c2c([2H])c([2H])c(-c3c([2H])c([2H])c(-c4ccc5ccc6cccc7ccc4c5c67)c([2H])c3[2H])c([2H])c2[2H])c1[2H]. The smallest absolute Gasteiger partial charge is 0.0610 e. The molecule has 230 valence electrons. The van der Waals surface area contributed by atoms with Crippen LogP contribution in [0.3, 0.4) is 0 Å². The molecule has 0 unspecified atom stereocenters. The van der Waals surface area contributed by atoms with Crippen molar-refractivity contribution in [3.63, 3.8) is 0 Å². The maximum Gasteiger partial charge on any atom is 0.0636 e. The Labute approximate surface area is 305 Å². The van der Waals surface area contributed by atoms with E-state index in [-0.39, 0.29) is 39.9 Å². The van der Waals surface area contributed by atoms with Gasteiger partial charge in [-0.15, -0.1) is 0 Å². The summed E-state index contributed by atoms with van der Waals surface area (Å²) in [5.41, 5.74) is 0.0231. The summed E-state index contributed by atoms with van der Waals surface area (Å²) in [4.78, 5) is 0. The molecule has 0 amide bonds. The van der Waals surface area contributed by atoms with Crippen LogP contribution in [-0.4, -0.2) is 0 Å². The van der Waals surface area contributed by atoms with E-state index < -0.39 is 59.9 Å². The van der Waals surface area contributed by atoms with Crippen molar-refractivity contribution in [1.29, 1.82) is 0 Å². The summed E-state index contributed by atoms with van der Waals surface area (Å²) in [7, 11) is 0. The Bertz CT molecular complexity index is 3630. The van der Waals surface area contributed by atoms with Crippen molar-refractivity contribution in [3.05, 3.63) is 182 Å². The molecular formula is C50H30. The van der Waals surface area contributed by atoms with E-state index in [2.05, 4.69) is 6.07 Å². The minimum absolute atomic E-state index is 0.0489. The highest BCUT2D eigenvalue weighted by atomic mass is 14.2. The number of hydrogen-bond acceptors (Lipinski definition) is 0. The van der Waals surface area contributed by atoms with E-state index in [0.29, 0.717) is 11.1 Å². The van der Waals surface area contributed by atoms with Crippen molar-refractivity contribution in [2.75, 3.05) is 0 Å². The Kier molecular flexibility index (Phi) is 3.97. The highest BCUT2D eigenvalue weighted by Gasteiger charge is 2.14. The topological polar surface area (TPSA) is 0 Å². The zero-order valence-corrected chi connectivity index (χ0v) is 26.5. The van der Waals surface area contributed by atoms with Crippen LogP contribution < -0.4 is 0 Å². The van der Waals surface area contributed by atoms with Gasteiger partial charge in [-0.05, 0) is 115 Å². The fourth-order valence-electron chi connectivity index (χ4n) is 7.71. The molecule has 0 spiro atoms. The molecule has 0 N–H and O–H groups in total. The first-order valence-electron chi connectivity index (χ1n) is 22.0. The lowest BCUT2D eigenvalue weighted by atomic mass is 9.89. The molecule has 0 fully saturated rings. The third-order valence-corrected chi connectivity index (χ3v) is 10.0. The Morgan fingerprint density at radius 1 is 0.280 bits per heavy atom. The van der Waals surface area contributed by atoms with Gasteiger partial charge in [0.05, 0.1) is 15.1 Å². The molecule has 11 rings (SSSR count). The van der Waals surface area contributed by atoms with E-state index in [1.54, 1.807) is 6.07 Å². The summed E-state index contributed by atoms with van der Waals surface area (Å²) in [6.07, 6.45) is 0. The maximum atomic E-state index is 9.50. The lowest BCUT2D eigenvalue weighted by Gasteiger charge is -2.15. The molecule has 11 aromatic rings. The quantitative estimate of drug-likeness (QED) is 0.168. The van der Waals surface area contributed by atoms with Crippen molar-refractivity contribution in [1.82, 2.24) is 0 Å². The second-order valence-corrected chi connectivity index (χ2v) is 12.8. The number of benzene rings is 11. The van der Waals surface area contributed by atoms with Gasteiger partial charge in [0.1, 0.15) is 0 Å². The van der Waals surface area contributed by atoms with Gasteiger partial charge in [-0.2, -0.15) is 0 Å². The zero-order valence-electron chi connectivity index (χ0n) is 37.5. The maximum absolute atomic E-state index is 9.50. The van der Waals surface area contributed by atoms with E-state index in [9.17, 15) is 12.3 Å². The Morgan fingerprint density at radius 2 is 0.660 bits per heavy atom. The second kappa shape index (κ2) is 10.5. The van der Waals surface area contributed by atoms with Gasteiger partial charge in [0.25, 0.3) is 0 Å². The predicted octanol–water partition coefficient (Wildman–Crippen LogP) is 14.1. The fraction of sp³-hybridized carbons (Fsp3) is 0. The number of hydrogen-bond donors (Lipinski definition) is 0. The van der Waals surface area contributed by atoms with E-state index in [4.69, 9.17) is 2.74 Å². The molecule has 0 saturated carbocycles. The molecule has 0 nitrogen and oxygen atoms in total. The van der Waals surface area contributed by atoms with Gasteiger partial charge in [0.2, 0.25) is 0 Å². The molecular weight excluding hydrogens is 601 g/mol. The molecule has 0 aliphatic heterocycles. The van der Waals surface area contributed by atoms with Crippen LogP contribution in [0.15, 0.2) is 182 Å². The van der Waals surface area contributed by atoms with E-state index in [1.807, 2.05) is 97.1 Å². The summed E-state index contributed by atoms with van der Waals surface area (Å²) < 4.78 is 101. The van der Waals surface area contributed by atoms with Gasteiger partial charge in [-0.3, -0.25) is 0 Å². The van der Waals surface area contributed by atoms with E-state index in [1.165, 1.54) is 6.07 Å². The summed E-state index contributed by atoms with van der Waals surface area (Å²) in [6.45, 7) is 0. The van der Waals surface area contributed by atoms with Gasteiger partial charge in [-0.1, -0.05) is 176 Å². The summed E-state index contributed by atoms with van der Waals surface area (Å²) in [6, 6.07) is 31.7. The first kappa shape index (κ1) is 18.9. The minimum Gasteiger partial charge on any atom is -0.0610 e. The monoisotopic (exact) mass is 641 g/mol. The average Bonchev–Trinajstić information content (AvgIpc) is 3.27. The normalized spacial score (nSPS) is 15.1. The van der Waals surface area contributed by atoms with Crippen LogP contribution in [0.25, 0.3) is 109 Å². The van der Waals surface area contributed by atoms with E-state index in [0.717, 1.165) is 64.6 Å². The third kappa shape index (κ3) is 4.06. The Balaban J connectivity index is 1.10. The Morgan fingerprint density at radius 3 is 1.16 bits per heavy atom. The molecule has 0 heterocycles. The van der Waals surface area contributed by atoms with Crippen molar-refractivity contribution in [2.24, 2.45) is 0 Å². The van der Waals surface area contributed by atoms with Gasteiger partial charge in [-0.25, -0.2) is 0 Å². The van der Waals surface area contributed by atoms with Crippen LogP contribution in [0.4, 0.5) is 0 Å². The molecule has 0 aromatic heterocycles. The third-order valence-electron chi connectivity index (χ3n) is 10.0. The fourth-order valence-corrected chi connectivity index (χ4v) is 7.71. The van der Waals surface area contributed by atoms with Gasteiger partial charge < -0.3 is 0 Å². The highest BCUT2D eigenvalue weighted by molar-refractivity contribution is 6.26. The molecule has 0 aliphatic carbocycles. The second-order valence-electron chi connectivity index (χ2n) is 12.8.